The molecule has 0 aliphatic heterocycles. The van der Waals surface area contributed by atoms with E-state index >= 15 is 0 Å². The number of esters is 2. The maximum absolute atomic E-state index is 12.6. The van der Waals surface area contributed by atoms with E-state index in [0.29, 0.717) is 15.4 Å². The quantitative estimate of drug-likeness (QED) is 0.124. The fourth-order valence-corrected chi connectivity index (χ4v) is 4.70. The number of nitro benzene ring substituents is 1. The van der Waals surface area contributed by atoms with Crippen LogP contribution in [0, 0.1) is 17.0 Å². The van der Waals surface area contributed by atoms with Crippen molar-refractivity contribution in [3.8, 4) is 5.69 Å². The molecule has 176 valence electrons. The first-order valence-corrected chi connectivity index (χ1v) is 11.6. The zero-order valence-corrected chi connectivity index (χ0v) is 20.1. The molecule has 34 heavy (non-hydrogen) atoms. The van der Waals surface area contributed by atoms with E-state index in [2.05, 4.69) is 10.2 Å². The van der Waals surface area contributed by atoms with Crippen LogP contribution >= 0.6 is 23.1 Å². The first-order chi connectivity index (χ1) is 16.4. The fourth-order valence-electron chi connectivity index (χ4n) is 2.87. The lowest BCUT2D eigenvalue weighted by molar-refractivity contribution is -0.387. The first-order valence-electron chi connectivity index (χ1n) is 9.93. The molecule has 12 heteroatoms. The number of methoxy groups -OCH3 is 1. The number of aromatic nitrogens is 1. The summed E-state index contributed by atoms with van der Waals surface area (Å²) in [6, 6.07) is 15.2. The van der Waals surface area contributed by atoms with Crippen molar-refractivity contribution in [3.05, 3.63) is 80.1 Å². The minimum absolute atomic E-state index is 0.0872. The smallest absolute Gasteiger partial charge is 0.365 e. The molecule has 3 aromatic rings. The predicted octanol–water partition coefficient (Wildman–Crippen LogP) is 4.11. The molecular weight excluding hydrogens is 480 g/mol. The van der Waals surface area contributed by atoms with Gasteiger partial charge < -0.3 is 9.47 Å². The Labute approximate surface area is 202 Å². The second-order valence-corrected chi connectivity index (χ2v) is 8.52. The van der Waals surface area contributed by atoms with Crippen LogP contribution in [0.4, 0.5) is 5.69 Å². The van der Waals surface area contributed by atoms with Crippen molar-refractivity contribution in [2.75, 3.05) is 13.7 Å². The summed E-state index contributed by atoms with van der Waals surface area (Å²) in [5.74, 6) is -1.31. The van der Waals surface area contributed by atoms with Crippen LogP contribution in [0.3, 0.4) is 0 Å². The lowest BCUT2D eigenvalue weighted by atomic mass is 10.3. The number of nitro groups is 1. The Hall–Kier alpha value is -3.77. The van der Waals surface area contributed by atoms with Crippen molar-refractivity contribution in [3.63, 3.8) is 0 Å². The van der Waals surface area contributed by atoms with Gasteiger partial charge >= 0.3 is 11.9 Å². The highest BCUT2D eigenvalue weighted by molar-refractivity contribution is 8.15. The lowest BCUT2D eigenvalue weighted by Gasteiger charge is -2.06. The summed E-state index contributed by atoms with van der Waals surface area (Å²) in [6.45, 7) is 3.47. The molecule has 0 unspecified atom stereocenters. The number of hydrogen-bond donors (Lipinski definition) is 0. The Morgan fingerprint density at radius 3 is 2.47 bits per heavy atom. The van der Waals surface area contributed by atoms with Crippen LogP contribution in [0.15, 0.2) is 69.7 Å². The molecule has 0 amide bonds. The zero-order chi connectivity index (χ0) is 24.7. The minimum Gasteiger partial charge on any atom is -0.465 e. The van der Waals surface area contributed by atoms with Gasteiger partial charge in [-0.05, 0) is 32.0 Å². The number of nitrogens with zero attached hydrogens (tertiary/aromatic N) is 4. The molecule has 0 fully saturated rings. The molecule has 0 N–H and O–H groups in total. The molecule has 10 nitrogen and oxygen atoms in total. The molecule has 0 aliphatic carbocycles. The number of thiazole rings is 1. The number of carbonyl (C=O) groups is 2. The summed E-state index contributed by atoms with van der Waals surface area (Å²) < 4.78 is 11.6. The third-order valence-corrected chi connectivity index (χ3v) is 6.50. The molecule has 0 saturated heterocycles. The van der Waals surface area contributed by atoms with Gasteiger partial charge in [0.25, 0.3) is 5.69 Å². The van der Waals surface area contributed by atoms with Gasteiger partial charge in [-0.2, -0.15) is 0 Å². The second-order valence-electron chi connectivity index (χ2n) is 6.51. The van der Waals surface area contributed by atoms with E-state index in [9.17, 15) is 19.7 Å². The summed E-state index contributed by atoms with van der Waals surface area (Å²) in [5.41, 5.74) is 1.13. The van der Waals surface area contributed by atoms with E-state index in [0.717, 1.165) is 28.8 Å². The Morgan fingerprint density at radius 1 is 1.15 bits per heavy atom. The largest absolute Gasteiger partial charge is 0.465 e. The summed E-state index contributed by atoms with van der Waals surface area (Å²) in [4.78, 5) is 36.5. The second kappa shape index (κ2) is 11.4. The molecule has 1 heterocycles. The third-order valence-electron chi connectivity index (χ3n) is 4.38. The van der Waals surface area contributed by atoms with Gasteiger partial charge in [0.2, 0.25) is 9.85 Å². The Bertz CT molecular complexity index is 1310. The van der Waals surface area contributed by atoms with Crippen molar-refractivity contribution < 1.29 is 24.0 Å². The zero-order valence-electron chi connectivity index (χ0n) is 18.5. The van der Waals surface area contributed by atoms with Gasteiger partial charge in [-0.25, -0.2) is 9.59 Å². The monoisotopic (exact) mass is 500 g/mol. The van der Waals surface area contributed by atoms with Crippen LogP contribution in [-0.2, 0) is 14.3 Å². The van der Waals surface area contributed by atoms with Crippen LogP contribution < -0.4 is 4.80 Å². The SMILES string of the molecule is CCOC(=O)C(=NN=c1sc(C(=O)OC)c(C)n1-c1ccccc1)Sc1ccccc1[N+](=O)[O-]. The van der Waals surface area contributed by atoms with E-state index in [1.54, 1.807) is 24.5 Å². The Balaban J connectivity index is 2.17. The van der Waals surface area contributed by atoms with Gasteiger partial charge in [0.15, 0.2) is 0 Å². The maximum Gasteiger partial charge on any atom is 0.365 e. The summed E-state index contributed by atoms with van der Waals surface area (Å²) in [7, 11) is 1.28. The number of carbonyl (C=O) groups excluding carboxylic acids is 2. The molecule has 0 radical (unpaired) electrons. The maximum atomic E-state index is 12.6. The predicted molar refractivity (Wildman–Crippen MR) is 128 cm³/mol. The van der Waals surface area contributed by atoms with Crippen LogP contribution in [0.2, 0.25) is 0 Å². The number of ether oxygens (including phenoxy) is 2. The molecule has 0 bridgehead atoms. The molecule has 3 rings (SSSR count). The van der Waals surface area contributed by atoms with Crippen LogP contribution in [0.1, 0.15) is 22.3 Å². The summed E-state index contributed by atoms with van der Waals surface area (Å²) in [6.07, 6.45) is 0. The van der Waals surface area contributed by atoms with Gasteiger partial charge in [-0.1, -0.05) is 53.4 Å². The van der Waals surface area contributed by atoms with Gasteiger partial charge in [0.1, 0.15) is 4.88 Å². The van der Waals surface area contributed by atoms with Crippen molar-refractivity contribution in [1.29, 1.82) is 0 Å². The molecule has 0 spiro atoms. The van der Waals surface area contributed by atoms with Gasteiger partial charge in [-0.3, -0.25) is 14.7 Å². The van der Waals surface area contributed by atoms with Crippen LogP contribution in [-0.4, -0.2) is 40.2 Å². The van der Waals surface area contributed by atoms with Gasteiger partial charge in [0, 0.05) is 17.4 Å². The normalized spacial score (nSPS) is 11.9. The summed E-state index contributed by atoms with van der Waals surface area (Å²) >= 11 is 1.82. The average molecular weight is 501 g/mol. The van der Waals surface area contributed by atoms with Crippen molar-refractivity contribution in [2.45, 2.75) is 18.7 Å². The van der Waals surface area contributed by atoms with Crippen LogP contribution in [0.5, 0.6) is 0 Å². The highest BCUT2D eigenvalue weighted by atomic mass is 32.2. The van der Waals surface area contributed by atoms with E-state index in [4.69, 9.17) is 9.47 Å². The fraction of sp³-hybridized carbons (Fsp3) is 0.182. The summed E-state index contributed by atoms with van der Waals surface area (Å²) in [5, 5.41) is 19.5. The topological polar surface area (TPSA) is 125 Å². The molecular formula is C22H20N4O6S2. The Kier molecular flexibility index (Phi) is 8.33. The van der Waals surface area contributed by atoms with Crippen molar-refractivity contribution in [2.24, 2.45) is 10.2 Å². The Morgan fingerprint density at radius 2 is 1.82 bits per heavy atom. The molecule has 0 saturated carbocycles. The lowest BCUT2D eigenvalue weighted by Crippen LogP contribution is -2.17. The molecule has 2 aromatic carbocycles. The van der Waals surface area contributed by atoms with E-state index in [1.165, 1.54) is 25.3 Å². The number of benzene rings is 2. The number of para-hydroxylation sites is 2. The standard InChI is InChI=1S/C22H20N4O6S2/c1-4-32-21(28)19(33-17-13-9-8-12-16(17)26(29)30)23-24-22-25(15-10-6-5-7-11-15)14(2)18(34-22)20(27)31-3/h5-13H,4H2,1-3H3. The number of hydrogen-bond acceptors (Lipinski definition) is 10. The van der Waals surface area contributed by atoms with E-state index in [1.807, 2.05) is 30.3 Å². The number of rotatable bonds is 6. The highest BCUT2D eigenvalue weighted by Gasteiger charge is 2.22. The third kappa shape index (κ3) is 5.58. The average Bonchev–Trinajstić information content (AvgIpc) is 3.17. The van der Waals surface area contributed by atoms with E-state index < -0.39 is 16.9 Å². The van der Waals surface area contributed by atoms with Gasteiger partial charge in [0.05, 0.1) is 23.5 Å². The van der Waals surface area contributed by atoms with E-state index in [-0.39, 0.29) is 22.2 Å². The minimum atomic E-state index is -0.776. The molecule has 1 aromatic heterocycles. The van der Waals surface area contributed by atoms with Crippen molar-refractivity contribution in [1.82, 2.24) is 4.57 Å². The van der Waals surface area contributed by atoms with Crippen LogP contribution in [0.25, 0.3) is 5.69 Å². The highest BCUT2D eigenvalue weighted by Crippen LogP contribution is 2.30. The first kappa shape index (κ1) is 24.9. The van der Waals surface area contributed by atoms with Gasteiger partial charge in [-0.15, -0.1) is 10.2 Å². The van der Waals surface area contributed by atoms with Crippen molar-refractivity contribution >= 4 is 45.8 Å². The number of thioether (sulfide) groups is 1. The molecule has 0 aliphatic rings. The molecule has 0 atom stereocenters.